The van der Waals surface area contributed by atoms with Crippen LogP contribution in [0, 0.1) is 6.92 Å². The highest BCUT2D eigenvalue weighted by Gasteiger charge is 1.89. The molecule has 0 aliphatic rings. The Hall–Kier alpha value is -1.44. The van der Waals surface area contributed by atoms with Gasteiger partial charge in [-0.3, -0.25) is 9.78 Å². The van der Waals surface area contributed by atoms with Crippen LogP contribution in [0.15, 0.2) is 24.5 Å². The van der Waals surface area contributed by atoms with Crippen molar-refractivity contribution >= 4 is 12.4 Å². The van der Waals surface area contributed by atoms with Crippen LogP contribution in [0.25, 0.3) is 6.08 Å². The van der Waals surface area contributed by atoms with Gasteiger partial charge in [-0.1, -0.05) is 0 Å². The molecule has 1 rings (SSSR count). The first-order chi connectivity index (χ1) is 5.34. The highest BCUT2D eigenvalue weighted by molar-refractivity contribution is 5.74. The SMILES string of the molecule is Cc1ccncc1/C=C/C=O. The molecule has 0 radical (unpaired) electrons. The van der Waals surface area contributed by atoms with Crippen LogP contribution >= 0.6 is 0 Å². The van der Waals surface area contributed by atoms with E-state index < -0.39 is 0 Å². The van der Waals surface area contributed by atoms with Crippen LogP contribution in [0.3, 0.4) is 0 Å². The first-order valence-electron chi connectivity index (χ1n) is 3.37. The van der Waals surface area contributed by atoms with Gasteiger partial charge in [0.15, 0.2) is 0 Å². The lowest BCUT2D eigenvalue weighted by atomic mass is 10.1. The maximum absolute atomic E-state index is 9.98. The van der Waals surface area contributed by atoms with E-state index in [1.165, 1.54) is 6.08 Å². The van der Waals surface area contributed by atoms with Gasteiger partial charge in [0.25, 0.3) is 0 Å². The average Bonchev–Trinajstić information content (AvgIpc) is 2.03. The summed E-state index contributed by atoms with van der Waals surface area (Å²) in [5.41, 5.74) is 2.11. The minimum absolute atomic E-state index is 0.756. The Balaban J connectivity index is 2.94. The Labute approximate surface area is 65.6 Å². The molecule has 0 bridgehead atoms. The lowest BCUT2D eigenvalue weighted by Gasteiger charge is -1.95. The summed E-state index contributed by atoms with van der Waals surface area (Å²) >= 11 is 0. The third kappa shape index (κ3) is 2.00. The topological polar surface area (TPSA) is 30.0 Å². The zero-order valence-electron chi connectivity index (χ0n) is 6.32. The molecule has 2 heteroatoms. The number of allylic oxidation sites excluding steroid dienone is 1. The fourth-order valence-corrected chi connectivity index (χ4v) is 0.794. The molecule has 0 unspecified atom stereocenters. The molecule has 0 aliphatic heterocycles. The van der Waals surface area contributed by atoms with E-state index in [4.69, 9.17) is 0 Å². The van der Waals surface area contributed by atoms with Crippen LogP contribution in [0.4, 0.5) is 0 Å². The summed E-state index contributed by atoms with van der Waals surface area (Å²) in [6, 6.07) is 1.91. The van der Waals surface area contributed by atoms with Gasteiger partial charge in [0, 0.05) is 12.4 Å². The molecule has 1 aromatic heterocycles. The van der Waals surface area contributed by atoms with Crippen molar-refractivity contribution in [2.45, 2.75) is 6.92 Å². The lowest BCUT2D eigenvalue weighted by molar-refractivity contribution is -0.104. The third-order valence-electron chi connectivity index (χ3n) is 1.43. The minimum Gasteiger partial charge on any atom is -0.299 e. The van der Waals surface area contributed by atoms with E-state index in [1.807, 2.05) is 13.0 Å². The smallest absolute Gasteiger partial charge is 0.142 e. The number of rotatable bonds is 2. The lowest BCUT2D eigenvalue weighted by Crippen LogP contribution is -1.80. The zero-order valence-corrected chi connectivity index (χ0v) is 6.32. The standard InChI is InChI=1S/C9H9NO/c1-8-4-5-10-7-9(8)3-2-6-11/h2-7H,1H3/b3-2+. The van der Waals surface area contributed by atoms with Gasteiger partial charge in [-0.2, -0.15) is 0 Å². The second-order valence-electron chi connectivity index (χ2n) is 2.23. The Bertz CT molecular complexity index is 279. The van der Waals surface area contributed by atoms with Gasteiger partial charge < -0.3 is 0 Å². The predicted octanol–water partition coefficient (Wildman–Crippen LogP) is 1.60. The number of hydrogen-bond acceptors (Lipinski definition) is 2. The molecular formula is C9H9NO. The fraction of sp³-hybridized carbons (Fsp3) is 0.111. The zero-order chi connectivity index (χ0) is 8.10. The van der Waals surface area contributed by atoms with Gasteiger partial charge in [-0.15, -0.1) is 0 Å². The van der Waals surface area contributed by atoms with E-state index >= 15 is 0 Å². The van der Waals surface area contributed by atoms with Crippen molar-refractivity contribution in [3.05, 3.63) is 35.7 Å². The van der Waals surface area contributed by atoms with Crippen molar-refractivity contribution in [3.8, 4) is 0 Å². The maximum Gasteiger partial charge on any atom is 0.142 e. The van der Waals surface area contributed by atoms with Crippen LogP contribution in [0.1, 0.15) is 11.1 Å². The predicted molar refractivity (Wildman–Crippen MR) is 44.1 cm³/mol. The van der Waals surface area contributed by atoms with Gasteiger partial charge >= 0.3 is 0 Å². The number of nitrogens with zero attached hydrogens (tertiary/aromatic N) is 1. The first kappa shape index (κ1) is 7.66. The Morgan fingerprint density at radius 1 is 1.55 bits per heavy atom. The number of carbonyl (C=O) groups is 1. The molecule has 56 valence electrons. The van der Waals surface area contributed by atoms with Crippen molar-refractivity contribution in [2.75, 3.05) is 0 Å². The summed E-state index contributed by atoms with van der Waals surface area (Å²) in [4.78, 5) is 13.9. The summed E-state index contributed by atoms with van der Waals surface area (Å²) in [6.07, 6.45) is 7.43. The molecule has 0 aromatic carbocycles. The first-order valence-corrected chi connectivity index (χ1v) is 3.37. The highest BCUT2D eigenvalue weighted by Crippen LogP contribution is 2.05. The van der Waals surface area contributed by atoms with Crippen molar-refractivity contribution in [3.63, 3.8) is 0 Å². The quantitative estimate of drug-likeness (QED) is 0.469. The molecule has 11 heavy (non-hydrogen) atoms. The summed E-state index contributed by atoms with van der Waals surface area (Å²) in [5, 5.41) is 0. The number of hydrogen-bond donors (Lipinski definition) is 0. The summed E-state index contributed by atoms with van der Waals surface area (Å²) in [6.45, 7) is 1.98. The summed E-state index contributed by atoms with van der Waals surface area (Å²) in [5.74, 6) is 0. The van der Waals surface area contributed by atoms with E-state index in [9.17, 15) is 4.79 Å². The van der Waals surface area contributed by atoms with Crippen molar-refractivity contribution in [1.82, 2.24) is 4.98 Å². The average molecular weight is 147 g/mol. The Morgan fingerprint density at radius 2 is 2.36 bits per heavy atom. The molecule has 0 aliphatic carbocycles. The van der Waals surface area contributed by atoms with E-state index in [-0.39, 0.29) is 0 Å². The van der Waals surface area contributed by atoms with E-state index in [1.54, 1.807) is 18.5 Å². The number of aldehydes is 1. The molecule has 2 nitrogen and oxygen atoms in total. The minimum atomic E-state index is 0.756. The largest absolute Gasteiger partial charge is 0.299 e. The normalized spacial score (nSPS) is 10.3. The number of carbonyl (C=O) groups excluding carboxylic acids is 1. The molecule has 0 saturated heterocycles. The Morgan fingerprint density at radius 3 is 3.00 bits per heavy atom. The molecule has 1 aromatic rings. The van der Waals surface area contributed by atoms with Crippen LogP contribution in [0.5, 0.6) is 0 Å². The van der Waals surface area contributed by atoms with E-state index in [2.05, 4.69) is 4.98 Å². The number of aryl methyl sites for hydroxylation is 1. The third-order valence-corrected chi connectivity index (χ3v) is 1.43. The fourth-order valence-electron chi connectivity index (χ4n) is 0.794. The van der Waals surface area contributed by atoms with Gasteiger partial charge in [-0.25, -0.2) is 0 Å². The highest BCUT2D eigenvalue weighted by atomic mass is 16.1. The molecule has 0 spiro atoms. The molecule has 0 saturated carbocycles. The van der Waals surface area contributed by atoms with Crippen LogP contribution < -0.4 is 0 Å². The monoisotopic (exact) mass is 147 g/mol. The van der Waals surface area contributed by atoms with Crippen molar-refractivity contribution < 1.29 is 4.79 Å². The van der Waals surface area contributed by atoms with Crippen LogP contribution in [-0.2, 0) is 4.79 Å². The molecule has 0 fully saturated rings. The van der Waals surface area contributed by atoms with Crippen LogP contribution in [0.2, 0.25) is 0 Å². The molecular weight excluding hydrogens is 138 g/mol. The summed E-state index contributed by atoms with van der Waals surface area (Å²) < 4.78 is 0. The molecule has 0 amide bonds. The number of aromatic nitrogens is 1. The number of pyridine rings is 1. The van der Waals surface area contributed by atoms with Gasteiger partial charge in [0.05, 0.1) is 0 Å². The van der Waals surface area contributed by atoms with Crippen molar-refractivity contribution in [1.29, 1.82) is 0 Å². The van der Waals surface area contributed by atoms with E-state index in [0.717, 1.165) is 17.4 Å². The second kappa shape index (κ2) is 3.66. The van der Waals surface area contributed by atoms with Crippen LogP contribution in [-0.4, -0.2) is 11.3 Å². The molecule has 0 N–H and O–H groups in total. The second-order valence-corrected chi connectivity index (χ2v) is 2.23. The molecule has 0 atom stereocenters. The maximum atomic E-state index is 9.98. The van der Waals surface area contributed by atoms with E-state index in [0.29, 0.717) is 0 Å². The van der Waals surface area contributed by atoms with Crippen molar-refractivity contribution in [2.24, 2.45) is 0 Å². The Kier molecular flexibility index (Phi) is 2.55. The van der Waals surface area contributed by atoms with Gasteiger partial charge in [0.1, 0.15) is 6.29 Å². The van der Waals surface area contributed by atoms with Gasteiger partial charge in [-0.05, 0) is 36.3 Å². The van der Waals surface area contributed by atoms with Gasteiger partial charge in [0.2, 0.25) is 0 Å². The molecule has 1 heterocycles. The summed E-state index contributed by atoms with van der Waals surface area (Å²) in [7, 11) is 0.